The Morgan fingerprint density at radius 2 is 1.60 bits per heavy atom. The first-order chi connectivity index (χ1) is 14.6. The van der Waals surface area contributed by atoms with Crippen LogP contribution in [0.15, 0.2) is 60.7 Å². The van der Waals surface area contributed by atoms with Gasteiger partial charge in [0.2, 0.25) is 0 Å². The number of unbranched alkanes of at least 4 members (excludes halogenated alkanes) is 1. The van der Waals surface area contributed by atoms with Crippen molar-refractivity contribution in [2.75, 3.05) is 13.7 Å². The van der Waals surface area contributed by atoms with Gasteiger partial charge in [0, 0.05) is 12.6 Å². The van der Waals surface area contributed by atoms with Crippen LogP contribution >= 0.6 is 0 Å². The molecule has 0 aliphatic rings. The quantitative estimate of drug-likeness (QED) is 0.518. The van der Waals surface area contributed by atoms with E-state index in [9.17, 15) is 9.59 Å². The molecule has 0 saturated heterocycles. The lowest BCUT2D eigenvalue weighted by molar-refractivity contribution is -0.143. The number of hydrogen-bond donors (Lipinski definition) is 2. The van der Waals surface area contributed by atoms with Crippen molar-refractivity contribution in [1.82, 2.24) is 10.6 Å². The fourth-order valence-electron chi connectivity index (χ4n) is 3.14. The minimum Gasteiger partial charge on any atom is -0.468 e. The van der Waals surface area contributed by atoms with Crippen LogP contribution in [-0.4, -0.2) is 37.8 Å². The van der Waals surface area contributed by atoms with E-state index in [1.165, 1.54) is 7.11 Å². The van der Waals surface area contributed by atoms with Gasteiger partial charge in [-0.15, -0.1) is 0 Å². The van der Waals surface area contributed by atoms with Crippen molar-refractivity contribution in [2.45, 2.75) is 51.3 Å². The molecule has 2 atom stereocenters. The topological polar surface area (TPSA) is 76.7 Å². The van der Waals surface area contributed by atoms with Crippen LogP contribution in [0.4, 0.5) is 4.79 Å². The van der Waals surface area contributed by atoms with E-state index < -0.39 is 12.1 Å². The summed E-state index contributed by atoms with van der Waals surface area (Å²) in [6, 6.07) is 18.8. The molecule has 2 aromatic carbocycles. The van der Waals surface area contributed by atoms with Crippen molar-refractivity contribution in [1.29, 1.82) is 0 Å². The van der Waals surface area contributed by atoms with E-state index in [1.54, 1.807) is 0 Å². The molecule has 1 amide bonds. The first-order valence-corrected chi connectivity index (χ1v) is 10.4. The third-order valence-corrected chi connectivity index (χ3v) is 4.80. The van der Waals surface area contributed by atoms with Crippen molar-refractivity contribution >= 4 is 12.1 Å². The molecule has 162 valence electrons. The first-order valence-electron chi connectivity index (χ1n) is 10.4. The van der Waals surface area contributed by atoms with E-state index in [1.807, 2.05) is 60.7 Å². The summed E-state index contributed by atoms with van der Waals surface area (Å²) in [5.41, 5.74) is 2.02. The Morgan fingerprint density at radius 1 is 0.967 bits per heavy atom. The molecule has 0 saturated carbocycles. The maximum absolute atomic E-state index is 12.4. The van der Waals surface area contributed by atoms with Gasteiger partial charge in [-0.05, 0) is 24.0 Å². The monoisotopic (exact) mass is 412 g/mol. The maximum Gasteiger partial charge on any atom is 0.407 e. The molecule has 2 N–H and O–H groups in total. The van der Waals surface area contributed by atoms with Gasteiger partial charge in [0.1, 0.15) is 12.6 Å². The molecule has 2 rings (SSSR count). The normalized spacial score (nSPS) is 12.6. The second-order valence-electron chi connectivity index (χ2n) is 7.22. The number of carbonyl (C=O) groups excluding carboxylic acids is 2. The average Bonchev–Trinajstić information content (AvgIpc) is 2.78. The molecule has 2 aromatic rings. The Labute approximate surface area is 179 Å². The summed E-state index contributed by atoms with van der Waals surface area (Å²) in [7, 11) is 1.39. The lowest BCUT2D eigenvalue weighted by atomic mass is 10.0. The highest BCUT2D eigenvalue weighted by atomic mass is 16.5. The van der Waals surface area contributed by atoms with Crippen LogP contribution in [0, 0.1) is 0 Å². The van der Waals surface area contributed by atoms with E-state index >= 15 is 0 Å². The van der Waals surface area contributed by atoms with Gasteiger partial charge in [0.15, 0.2) is 0 Å². The van der Waals surface area contributed by atoms with Crippen LogP contribution in [0.25, 0.3) is 0 Å². The largest absolute Gasteiger partial charge is 0.468 e. The summed E-state index contributed by atoms with van der Waals surface area (Å²) in [6.45, 7) is 2.72. The van der Waals surface area contributed by atoms with E-state index in [-0.39, 0.29) is 18.6 Å². The summed E-state index contributed by atoms with van der Waals surface area (Å²) in [6.07, 6.45) is 2.75. The number of rotatable bonds is 12. The van der Waals surface area contributed by atoms with Crippen molar-refractivity contribution in [3.8, 4) is 0 Å². The Balaban J connectivity index is 1.96. The Kier molecular flexibility index (Phi) is 10.4. The number of carbonyl (C=O) groups is 2. The van der Waals surface area contributed by atoms with Crippen molar-refractivity contribution < 1.29 is 19.1 Å². The van der Waals surface area contributed by atoms with Crippen LogP contribution in [0.5, 0.6) is 0 Å². The van der Waals surface area contributed by atoms with Crippen molar-refractivity contribution in [2.24, 2.45) is 0 Å². The van der Waals surface area contributed by atoms with Gasteiger partial charge in [-0.1, -0.05) is 80.4 Å². The summed E-state index contributed by atoms with van der Waals surface area (Å²) < 4.78 is 10.3. The van der Waals surface area contributed by atoms with E-state index in [0.29, 0.717) is 19.4 Å². The van der Waals surface area contributed by atoms with Crippen LogP contribution in [0.3, 0.4) is 0 Å². The average molecular weight is 413 g/mol. The molecule has 0 bridgehead atoms. The standard InChI is InChI=1S/C24H32N2O4/c1-3-4-15-22(23(27)29-2)25-17-21(16-19-11-7-5-8-12-19)26-24(28)30-18-20-13-9-6-10-14-20/h5-14,21-22,25H,3-4,15-18H2,1-2H3,(H,26,28)/t21-,22+/m1/s1. The van der Waals surface area contributed by atoms with Gasteiger partial charge >= 0.3 is 12.1 Å². The van der Waals surface area contributed by atoms with Gasteiger partial charge in [0.25, 0.3) is 0 Å². The molecule has 0 aliphatic carbocycles. The summed E-state index contributed by atoms with van der Waals surface area (Å²) in [5.74, 6) is -0.284. The summed E-state index contributed by atoms with van der Waals surface area (Å²) in [5, 5.41) is 6.19. The zero-order valence-electron chi connectivity index (χ0n) is 17.8. The number of nitrogens with one attached hydrogen (secondary N) is 2. The first kappa shape index (κ1) is 23.4. The molecule has 0 aromatic heterocycles. The lowest BCUT2D eigenvalue weighted by Crippen LogP contribution is -2.48. The van der Waals surface area contributed by atoms with Gasteiger partial charge in [-0.25, -0.2) is 4.79 Å². The number of hydrogen-bond acceptors (Lipinski definition) is 5. The minimum atomic E-state index is -0.482. The third kappa shape index (κ3) is 8.66. The molecule has 0 heterocycles. The van der Waals surface area contributed by atoms with Crippen molar-refractivity contribution in [3.63, 3.8) is 0 Å². The summed E-state index contributed by atoms with van der Waals surface area (Å²) >= 11 is 0. The maximum atomic E-state index is 12.4. The predicted molar refractivity (Wildman–Crippen MR) is 117 cm³/mol. The number of ether oxygens (including phenoxy) is 2. The molecule has 6 nitrogen and oxygen atoms in total. The Hall–Kier alpha value is -2.86. The molecule has 0 radical (unpaired) electrons. The highest BCUT2D eigenvalue weighted by Crippen LogP contribution is 2.07. The predicted octanol–water partition coefficient (Wildman–Crippen LogP) is 3.85. The summed E-state index contributed by atoms with van der Waals surface area (Å²) in [4.78, 5) is 24.4. The molecule has 0 unspecified atom stereocenters. The van der Waals surface area contributed by atoms with Crippen LogP contribution in [0.2, 0.25) is 0 Å². The number of benzene rings is 2. The Bertz CT molecular complexity index is 752. The molecule has 6 heteroatoms. The molecule has 0 spiro atoms. The zero-order chi connectivity index (χ0) is 21.6. The highest BCUT2D eigenvalue weighted by molar-refractivity contribution is 5.75. The van der Waals surface area contributed by atoms with Crippen LogP contribution in [-0.2, 0) is 27.3 Å². The van der Waals surface area contributed by atoms with Crippen LogP contribution < -0.4 is 10.6 Å². The molecule has 30 heavy (non-hydrogen) atoms. The lowest BCUT2D eigenvalue weighted by Gasteiger charge is -2.23. The zero-order valence-corrected chi connectivity index (χ0v) is 17.8. The van der Waals surface area contributed by atoms with Gasteiger partial charge in [-0.3, -0.25) is 4.79 Å². The van der Waals surface area contributed by atoms with Crippen molar-refractivity contribution in [3.05, 3.63) is 71.8 Å². The van der Waals surface area contributed by atoms with E-state index in [0.717, 1.165) is 24.0 Å². The molecule has 0 aliphatic heterocycles. The van der Waals surface area contributed by atoms with Gasteiger partial charge < -0.3 is 20.1 Å². The fraction of sp³-hybridized carbons (Fsp3) is 0.417. The van der Waals surface area contributed by atoms with Gasteiger partial charge in [-0.2, -0.15) is 0 Å². The van der Waals surface area contributed by atoms with E-state index in [4.69, 9.17) is 9.47 Å². The van der Waals surface area contributed by atoms with Gasteiger partial charge in [0.05, 0.1) is 7.11 Å². The SMILES string of the molecule is CCCC[C@H](NC[C@@H](Cc1ccccc1)NC(=O)OCc1ccccc1)C(=O)OC. The Morgan fingerprint density at radius 3 is 2.20 bits per heavy atom. The fourth-order valence-corrected chi connectivity index (χ4v) is 3.14. The van der Waals surface area contributed by atoms with Crippen LogP contribution in [0.1, 0.15) is 37.3 Å². The molecular weight excluding hydrogens is 380 g/mol. The number of methoxy groups -OCH3 is 1. The minimum absolute atomic E-state index is 0.208. The molecular formula is C24H32N2O4. The highest BCUT2D eigenvalue weighted by Gasteiger charge is 2.21. The third-order valence-electron chi connectivity index (χ3n) is 4.80. The number of esters is 1. The number of alkyl carbamates (subject to hydrolysis) is 1. The smallest absolute Gasteiger partial charge is 0.407 e. The second kappa shape index (κ2) is 13.4. The second-order valence-corrected chi connectivity index (χ2v) is 7.22. The molecule has 0 fully saturated rings. The van der Waals surface area contributed by atoms with E-state index in [2.05, 4.69) is 17.6 Å². The number of amides is 1.